The van der Waals surface area contributed by atoms with Gasteiger partial charge in [0.25, 0.3) is 10.1 Å². The van der Waals surface area contributed by atoms with Crippen LogP contribution in [0.3, 0.4) is 0 Å². The van der Waals surface area contributed by atoms with Crippen LogP contribution < -0.4 is 10.1 Å². The van der Waals surface area contributed by atoms with Gasteiger partial charge < -0.3 is 10.1 Å². The second-order valence-electron chi connectivity index (χ2n) is 6.83. The molecule has 26 heavy (non-hydrogen) atoms. The van der Waals surface area contributed by atoms with E-state index in [0.29, 0.717) is 5.15 Å². The summed E-state index contributed by atoms with van der Waals surface area (Å²) in [6.45, 7) is 3.74. The van der Waals surface area contributed by atoms with Crippen LogP contribution in [0.2, 0.25) is 5.15 Å². The first-order valence-corrected chi connectivity index (χ1v) is 10.1. The van der Waals surface area contributed by atoms with Crippen molar-refractivity contribution in [2.75, 3.05) is 13.2 Å². The van der Waals surface area contributed by atoms with Crippen molar-refractivity contribution in [2.45, 2.75) is 30.2 Å². The third-order valence-electron chi connectivity index (χ3n) is 4.66. The summed E-state index contributed by atoms with van der Waals surface area (Å²) in [7, 11) is -4.02. The number of pyridine rings is 1. The molecule has 0 amide bonds. The molecule has 6 nitrogen and oxygen atoms in total. The van der Waals surface area contributed by atoms with Crippen LogP contribution in [0.25, 0.3) is 0 Å². The average Bonchev–Trinajstić information content (AvgIpc) is 3.15. The summed E-state index contributed by atoms with van der Waals surface area (Å²) >= 11 is 5.70. The van der Waals surface area contributed by atoms with Crippen molar-refractivity contribution in [1.82, 2.24) is 10.3 Å². The van der Waals surface area contributed by atoms with Crippen molar-refractivity contribution in [3.63, 3.8) is 0 Å². The van der Waals surface area contributed by atoms with Gasteiger partial charge in [0.15, 0.2) is 0 Å². The molecule has 2 bridgehead atoms. The molecule has 140 valence electrons. The van der Waals surface area contributed by atoms with E-state index in [1.54, 1.807) is 24.4 Å². The smallest absolute Gasteiger partial charge is 0.294 e. The van der Waals surface area contributed by atoms with E-state index in [4.69, 9.17) is 20.9 Å². The molecule has 3 heterocycles. The third kappa shape index (κ3) is 4.73. The van der Waals surface area contributed by atoms with Crippen LogP contribution in [0, 0.1) is 12.8 Å². The van der Waals surface area contributed by atoms with E-state index < -0.39 is 10.1 Å². The fourth-order valence-electron chi connectivity index (χ4n) is 3.24. The van der Waals surface area contributed by atoms with Crippen molar-refractivity contribution in [2.24, 2.45) is 5.92 Å². The lowest BCUT2D eigenvalue weighted by Gasteiger charge is -2.37. The maximum atomic E-state index is 10.5. The van der Waals surface area contributed by atoms with Crippen molar-refractivity contribution < 1.29 is 17.7 Å². The molecule has 3 fully saturated rings. The molecule has 2 aliphatic heterocycles. The minimum Gasteiger partial charge on any atom is -0.490 e. The Hall–Kier alpha value is -1.67. The van der Waals surface area contributed by atoms with Crippen LogP contribution in [0.15, 0.2) is 47.5 Å². The number of halogens is 1. The Kier molecular flexibility index (Phi) is 5.53. The van der Waals surface area contributed by atoms with Crippen LogP contribution in [0.5, 0.6) is 5.75 Å². The number of ether oxygens (including phenoxy) is 1. The number of nitrogens with zero attached hydrogens (tertiary/aromatic N) is 1. The minimum absolute atomic E-state index is 0.0666. The van der Waals surface area contributed by atoms with Gasteiger partial charge in [-0.05, 0) is 56.5 Å². The monoisotopic (exact) mass is 396 g/mol. The van der Waals surface area contributed by atoms with Gasteiger partial charge in [0.2, 0.25) is 0 Å². The van der Waals surface area contributed by atoms with Crippen molar-refractivity contribution in [3.8, 4) is 5.75 Å². The lowest BCUT2D eigenvalue weighted by Crippen LogP contribution is -2.48. The quantitative estimate of drug-likeness (QED) is 0.609. The molecule has 2 aromatic rings. The Balaban J connectivity index is 0.000000160. The Labute approximate surface area is 158 Å². The number of hydrogen-bond acceptors (Lipinski definition) is 5. The first kappa shape index (κ1) is 19.1. The number of aromatic nitrogens is 1. The van der Waals surface area contributed by atoms with Crippen LogP contribution in [-0.2, 0) is 10.1 Å². The van der Waals surface area contributed by atoms with Gasteiger partial charge in [0.1, 0.15) is 17.5 Å². The van der Waals surface area contributed by atoms with E-state index in [1.165, 1.54) is 25.0 Å². The molecule has 3 aliphatic rings. The standard InChI is InChI=1S/C11H13ClN2O.C7H8O3S/c12-10-2-1-9(6-13-10)15-7-11-3-8(4-11)5-14-11;1-6-2-4-7(5-3-6)11(8,9)10/h1-2,6,8,14H,3-5,7H2;2-5H,1H3,(H,8,9,10). The molecule has 0 atom stereocenters. The molecule has 1 saturated carbocycles. The highest BCUT2D eigenvalue weighted by molar-refractivity contribution is 7.85. The van der Waals surface area contributed by atoms with Gasteiger partial charge in [-0.15, -0.1) is 0 Å². The molecule has 5 rings (SSSR count). The van der Waals surface area contributed by atoms with Crippen LogP contribution in [-0.4, -0.2) is 36.6 Å². The Bertz CT molecular complexity index is 842. The second-order valence-corrected chi connectivity index (χ2v) is 8.64. The molecule has 8 heteroatoms. The molecular formula is C18H21ClN2O4S. The van der Waals surface area contributed by atoms with Gasteiger partial charge >= 0.3 is 0 Å². The largest absolute Gasteiger partial charge is 0.490 e. The summed E-state index contributed by atoms with van der Waals surface area (Å²) < 4.78 is 35.3. The zero-order chi connectivity index (χ0) is 18.8. The first-order valence-electron chi connectivity index (χ1n) is 8.29. The predicted molar refractivity (Wildman–Crippen MR) is 99.2 cm³/mol. The SMILES string of the molecule is Cc1ccc(S(=O)(=O)O)cc1.Clc1ccc(OCC23CC(CN2)C3)cn1. The Morgan fingerprint density at radius 2 is 1.96 bits per heavy atom. The molecule has 2 saturated heterocycles. The third-order valence-corrected chi connectivity index (χ3v) is 5.75. The number of hydrogen-bond donors (Lipinski definition) is 2. The highest BCUT2D eigenvalue weighted by Gasteiger charge is 2.50. The van der Waals surface area contributed by atoms with Gasteiger partial charge in [-0.3, -0.25) is 4.55 Å². The van der Waals surface area contributed by atoms with E-state index in [1.807, 2.05) is 13.0 Å². The van der Waals surface area contributed by atoms with Crippen LogP contribution >= 0.6 is 11.6 Å². The Morgan fingerprint density at radius 3 is 2.46 bits per heavy atom. The van der Waals surface area contributed by atoms with Gasteiger partial charge in [-0.25, -0.2) is 4.98 Å². The lowest BCUT2D eigenvalue weighted by molar-refractivity contribution is 0.130. The van der Waals surface area contributed by atoms with Gasteiger partial charge in [0, 0.05) is 0 Å². The second kappa shape index (κ2) is 7.52. The van der Waals surface area contributed by atoms with Gasteiger partial charge in [-0.1, -0.05) is 29.3 Å². The summed E-state index contributed by atoms with van der Waals surface area (Å²) in [5, 5.41) is 4.02. The van der Waals surface area contributed by atoms with Crippen LogP contribution in [0.1, 0.15) is 18.4 Å². The normalized spacial score (nSPS) is 23.6. The maximum Gasteiger partial charge on any atom is 0.294 e. The average molecular weight is 397 g/mol. The fourth-order valence-corrected chi connectivity index (χ4v) is 3.83. The summed E-state index contributed by atoms with van der Waals surface area (Å²) in [5.74, 6) is 1.68. The number of nitrogens with one attached hydrogen (secondary N) is 1. The van der Waals surface area contributed by atoms with Crippen molar-refractivity contribution >= 4 is 21.7 Å². The predicted octanol–water partition coefficient (Wildman–Crippen LogP) is 3.11. The van der Waals surface area contributed by atoms with Crippen LogP contribution in [0.4, 0.5) is 0 Å². The molecule has 2 N–H and O–H groups in total. The number of aryl methyl sites for hydroxylation is 1. The molecule has 1 aliphatic carbocycles. The minimum atomic E-state index is -4.02. The van der Waals surface area contributed by atoms with Gasteiger partial charge in [-0.2, -0.15) is 8.42 Å². The van der Waals surface area contributed by atoms with E-state index in [-0.39, 0.29) is 10.4 Å². The number of benzene rings is 1. The zero-order valence-electron chi connectivity index (χ0n) is 14.4. The molecule has 0 unspecified atom stereocenters. The summed E-state index contributed by atoms with van der Waals surface area (Å²) in [4.78, 5) is 3.91. The maximum absolute atomic E-state index is 10.5. The number of fused-ring (bicyclic) bond motifs is 1. The highest BCUT2D eigenvalue weighted by atomic mass is 35.5. The van der Waals surface area contributed by atoms with Crippen molar-refractivity contribution in [3.05, 3.63) is 53.3 Å². The Morgan fingerprint density at radius 1 is 1.27 bits per heavy atom. The van der Waals surface area contributed by atoms with Crippen molar-refractivity contribution in [1.29, 1.82) is 0 Å². The van der Waals surface area contributed by atoms with Gasteiger partial charge in [0.05, 0.1) is 16.6 Å². The molecule has 1 aromatic heterocycles. The molecule has 0 radical (unpaired) electrons. The first-order chi connectivity index (χ1) is 12.3. The lowest BCUT2D eigenvalue weighted by atomic mass is 9.74. The molecular weight excluding hydrogens is 376 g/mol. The molecule has 0 spiro atoms. The molecule has 1 aromatic carbocycles. The topological polar surface area (TPSA) is 88.5 Å². The van der Waals surface area contributed by atoms with E-state index in [9.17, 15) is 8.42 Å². The summed E-state index contributed by atoms with van der Waals surface area (Å²) in [5.41, 5.74) is 1.21. The summed E-state index contributed by atoms with van der Waals surface area (Å²) in [6, 6.07) is 9.60. The number of rotatable bonds is 4. The zero-order valence-corrected chi connectivity index (χ0v) is 15.9. The van der Waals surface area contributed by atoms with E-state index in [0.717, 1.165) is 30.4 Å². The fraction of sp³-hybridized carbons (Fsp3) is 0.389. The summed E-state index contributed by atoms with van der Waals surface area (Å²) in [6.07, 6.45) is 4.19. The highest BCUT2D eigenvalue weighted by Crippen LogP contribution is 2.43. The van der Waals surface area contributed by atoms with E-state index >= 15 is 0 Å². The van der Waals surface area contributed by atoms with E-state index in [2.05, 4.69) is 10.3 Å².